The van der Waals surface area contributed by atoms with Gasteiger partial charge in [0.25, 0.3) is 15.9 Å². The van der Waals surface area contributed by atoms with E-state index in [1.54, 1.807) is 10.9 Å². The minimum atomic E-state index is -4.28. The molecule has 0 aromatic carbocycles. The van der Waals surface area contributed by atoms with Gasteiger partial charge in [0.2, 0.25) is 5.91 Å². The topological polar surface area (TPSA) is 142 Å². The zero-order valence-electron chi connectivity index (χ0n) is 26.8. The highest BCUT2D eigenvalue weighted by Gasteiger charge is 2.62. The van der Waals surface area contributed by atoms with Gasteiger partial charge in [-0.25, -0.2) is 9.71 Å². The number of fused-ring (bicyclic) bond motifs is 6. The number of rotatable bonds is 6. The van der Waals surface area contributed by atoms with Crippen LogP contribution in [0.3, 0.4) is 0 Å². The van der Waals surface area contributed by atoms with Crippen molar-refractivity contribution >= 4 is 33.5 Å². The van der Waals surface area contributed by atoms with Crippen LogP contribution in [0.5, 0.6) is 0 Å². The maximum absolute atomic E-state index is 13.6. The van der Waals surface area contributed by atoms with E-state index >= 15 is 0 Å². The van der Waals surface area contributed by atoms with E-state index in [1.165, 1.54) is 23.1 Å². The molecule has 0 spiro atoms. The lowest BCUT2D eigenvalue weighted by molar-refractivity contribution is -0.189. The second kappa shape index (κ2) is 12.7. The summed E-state index contributed by atoms with van der Waals surface area (Å²) >= 11 is 0. The normalized spacial score (nSPS) is 25.7. The molecule has 1 aliphatic carbocycles. The minimum Gasteiger partial charge on any atom is -0.349 e. The van der Waals surface area contributed by atoms with E-state index in [1.807, 2.05) is 18.7 Å². The van der Waals surface area contributed by atoms with Gasteiger partial charge in [0, 0.05) is 37.4 Å². The highest BCUT2D eigenvalue weighted by Crippen LogP contribution is 2.60. The summed E-state index contributed by atoms with van der Waals surface area (Å²) in [5, 5.41) is 10.7. The molecule has 47 heavy (non-hydrogen) atoms. The minimum absolute atomic E-state index is 0.0433. The first kappa shape index (κ1) is 33.7. The number of halogens is 3. The lowest BCUT2D eigenvalue weighted by atomic mass is 9.99. The molecular weight excluding hydrogens is 637 g/mol. The van der Waals surface area contributed by atoms with Crippen molar-refractivity contribution in [3.8, 4) is 0 Å². The number of aromatic nitrogens is 3. The second-order valence-electron chi connectivity index (χ2n) is 13.9. The Labute approximate surface area is 272 Å². The number of hydrogen-bond acceptors (Lipinski definition) is 9. The highest BCUT2D eigenvalue weighted by molar-refractivity contribution is 7.90. The molecule has 2 saturated heterocycles. The molecule has 4 aliphatic rings. The van der Waals surface area contributed by atoms with Crippen LogP contribution in [0.25, 0.3) is 0 Å². The van der Waals surface area contributed by atoms with E-state index in [4.69, 9.17) is 4.98 Å². The summed E-state index contributed by atoms with van der Waals surface area (Å²) in [6.45, 7) is 6.61. The summed E-state index contributed by atoms with van der Waals surface area (Å²) in [7, 11) is -4.28. The molecule has 4 bridgehead atoms. The third-order valence-corrected chi connectivity index (χ3v) is 11.2. The second-order valence-corrected chi connectivity index (χ2v) is 15.5. The first-order chi connectivity index (χ1) is 22.2. The third kappa shape index (κ3) is 7.00. The number of nitrogens with zero attached hydrogens (tertiary/aromatic N) is 5. The molecule has 2 amide bonds. The van der Waals surface area contributed by atoms with Gasteiger partial charge in [-0.2, -0.15) is 26.7 Å². The average molecular weight is 681 g/mol. The average Bonchev–Trinajstić information content (AvgIpc) is 3.33. The fraction of sp³-hybridized carbons (Fsp3) is 0.677. The quantitative estimate of drug-likeness (QED) is 0.392. The first-order valence-electron chi connectivity index (χ1n) is 16.4. The van der Waals surface area contributed by atoms with Crippen LogP contribution in [0, 0.1) is 5.41 Å². The van der Waals surface area contributed by atoms with E-state index < -0.39 is 39.1 Å². The Hall–Kier alpha value is -3.24. The predicted octanol–water partition coefficient (Wildman–Crippen LogP) is 3.35. The van der Waals surface area contributed by atoms with Crippen molar-refractivity contribution in [3.05, 3.63) is 30.0 Å². The smallest absolute Gasteiger partial charge is 0.349 e. The number of aryl methyl sites for hydroxylation is 1. The molecular formula is C31H43F3N8O4S. The van der Waals surface area contributed by atoms with Crippen molar-refractivity contribution in [2.24, 2.45) is 5.41 Å². The summed E-state index contributed by atoms with van der Waals surface area (Å²) in [6.07, 6.45) is 2.00. The largest absolute Gasteiger partial charge is 0.394 e. The van der Waals surface area contributed by atoms with Gasteiger partial charge in [0.1, 0.15) is 11.6 Å². The number of nitrogens with one attached hydrogen (secondary N) is 3. The fourth-order valence-corrected chi connectivity index (χ4v) is 7.99. The maximum atomic E-state index is 13.6. The number of amides is 2. The Morgan fingerprint density at radius 3 is 2.62 bits per heavy atom. The van der Waals surface area contributed by atoms with Crippen LogP contribution in [0.15, 0.2) is 29.4 Å². The van der Waals surface area contributed by atoms with Crippen molar-refractivity contribution in [3.63, 3.8) is 0 Å². The molecule has 6 rings (SSSR count). The van der Waals surface area contributed by atoms with Crippen LogP contribution >= 0.6 is 0 Å². The molecule has 2 aromatic heterocycles. The number of anilines is 2. The molecule has 2 unspecified atom stereocenters. The van der Waals surface area contributed by atoms with Crippen molar-refractivity contribution in [1.82, 2.24) is 30.1 Å². The van der Waals surface area contributed by atoms with Crippen LogP contribution in [0.2, 0.25) is 0 Å². The Morgan fingerprint density at radius 2 is 1.87 bits per heavy atom. The van der Waals surface area contributed by atoms with Crippen molar-refractivity contribution < 1.29 is 31.2 Å². The van der Waals surface area contributed by atoms with Gasteiger partial charge in [-0.3, -0.25) is 19.2 Å². The summed E-state index contributed by atoms with van der Waals surface area (Å²) in [4.78, 5) is 35.4. The Balaban J connectivity index is 1.23. The number of hydrogen-bond donors (Lipinski definition) is 3. The van der Waals surface area contributed by atoms with Crippen LogP contribution in [-0.4, -0.2) is 85.0 Å². The summed E-state index contributed by atoms with van der Waals surface area (Å²) in [5.41, 5.74) is -1.96. The number of alkyl halides is 3. The first-order valence-corrected chi connectivity index (χ1v) is 17.9. The van der Waals surface area contributed by atoms with E-state index in [2.05, 4.69) is 20.5 Å². The lowest BCUT2D eigenvalue weighted by Crippen LogP contribution is -2.42. The van der Waals surface area contributed by atoms with Crippen molar-refractivity contribution in [2.45, 2.75) is 107 Å². The van der Waals surface area contributed by atoms with E-state index in [0.29, 0.717) is 44.8 Å². The summed E-state index contributed by atoms with van der Waals surface area (Å²) in [5.74, 6) is -0.517. The SMILES string of the molecule is CC1(C)CC2CN1c1nc(N3CCC(NCCCC4(C(F)(F)F)CC4)C3=O)ccc1C(=O)NS(=O)(=O)c1ccn(n1)CCCCCN2. The zero-order chi connectivity index (χ0) is 33.6. The van der Waals surface area contributed by atoms with Crippen molar-refractivity contribution in [1.29, 1.82) is 0 Å². The molecule has 1 saturated carbocycles. The number of carbonyl (C=O) groups excluding carboxylic acids is 2. The Morgan fingerprint density at radius 1 is 1.09 bits per heavy atom. The number of carbonyl (C=O) groups is 2. The molecule has 3 N–H and O–H groups in total. The van der Waals surface area contributed by atoms with Gasteiger partial charge in [0.15, 0.2) is 5.03 Å². The van der Waals surface area contributed by atoms with Gasteiger partial charge in [-0.15, -0.1) is 0 Å². The molecule has 3 fully saturated rings. The fourth-order valence-electron chi connectivity index (χ4n) is 7.07. The van der Waals surface area contributed by atoms with Gasteiger partial charge >= 0.3 is 6.18 Å². The molecule has 2 aromatic rings. The summed E-state index contributed by atoms with van der Waals surface area (Å²) in [6, 6.07) is 3.93. The van der Waals surface area contributed by atoms with Gasteiger partial charge < -0.3 is 15.5 Å². The molecule has 3 aliphatic heterocycles. The van der Waals surface area contributed by atoms with Gasteiger partial charge in [-0.1, -0.05) is 6.42 Å². The van der Waals surface area contributed by atoms with Crippen LogP contribution < -0.4 is 25.2 Å². The van der Waals surface area contributed by atoms with Crippen LogP contribution in [0.1, 0.15) is 82.0 Å². The van der Waals surface area contributed by atoms with E-state index in [0.717, 1.165) is 32.2 Å². The molecule has 258 valence electrons. The third-order valence-electron chi connectivity index (χ3n) is 10.0. The zero-order valence-corrected chi connectivity index (χ0v) is 27.6. The molecule has 2 atom stereocenters. The van der Waals surface area contributed by atoms with E-state index in [9.17, 15) is 31.2 Å². The molecule has 12 nitrogen and oxygen atoms in total. The monoisotopic (exact) mass is 680 g/mol. The van der Waals surface area contributed by atoms with Crippen molar-refractivity contribution in [2.75, 3.05) is 36.0 Å². The van der Waals surface area contributed by atoms with Gasteiger partial charge in [-0.05, 0) is 96.5 Å². The molecule has 5 heterocycles. The lowest BCUT2D eigenvalue weighted by Gasteiger charge is -2.34. The van der Waals surface area contributed by atoms with E-state index in [-0.39, 0.29) is 47.6 Å². The maximum Gasteiger partial charge on any atom is 0.394 e. The Kier molecular flexibility index (Phi) is 9.06. The summed E-state index contributed by atoms with van der Waals surface area (Å²) < 4.78 is 70.0. The molecule has 0 radical (unpaired) electrons. The standard InChI is InChI=1S/C31H43F3N8O4S/c1-29(2)19-21-20-42(29)26-22(27(43)39-47(45,46)25-10-17-40(38-25)16-5-3-4-14-35-21)7-8-24(37-26)41-18-9-23(28(41)44)36-15-6-11-30(12-13-30)31(32,33)34/h7-8,10,17,21,23,35-36H,3-6,9,11-16,18-20H2,1-2H3,(H,39,43). The Bertz CT molecular complexity index is 1610. The van der Waals surface area contributed by atoms with Crippen LogP contribution in [0.4, 0.5) is 24.8 Å². The van der Waals surface area contributed by atoms with Crippen LogP contribution in [-0.2, 0) is 21.4 Å². The number of sulfonamides is 1. The molecule has 16 heteroatoms. The predicted molar refractivity (Wildman–Crippen MR) is 169 cm³/mol. The number of pyridine rings is 1. The van der Waals surface area contributed by atoms with Gasteiger partial charge in [0.05, 0.1) is 17.0 Å². The highest BCUT2D eigenvalue weighted by atomic mass is 32.2.